The van der Waals surface area contributed by atoms with Crippen molar-refractivity contribution in [2.24, 2.45) is 5.41 Å². The zero-order chi connectivity index (χ0) is 11.1. The molecule has 0 aliphatic carbocycles. The Kier molecular flexibility index (Phi) is 4.87. The molecule has 0 nitrogen and oxygen atoms in total. The molecule has 0 bridgehead atoms. The lowest BCUT2D eigenvalue weighted by Gasteiger charge is -2.31. The van der Waals surface area contributed by atoms with E-state index in [1.807, 2.05) is 0 Å². The normalized spacial score (nSPS) is 11.7. The largest absolute Gasteiger partial charge is 0.0654 e. The van der Waals surface area contributed by atoms with E-state index in [2.05, 4.69) is 51.1 Å². The van der Waals surface area contributed by atoms with Gasteiger partial charge in [-0.1, -0.05) is 70.4 Å². The van der Waals surface area contributed by atoms with Crippen molar-refractivity contribution in [2.45, 2.75) is 52.9 Å². The van der Waals surface area contributed by atoms with Gasteiger partial charge in [-0.25, -0.2) is 0 Å². The average molecular weight is 204 g/mol. The molecular weight excluding hydrogens is 180 g/mol. The SMILES string of the molecule is CCCC(CC)(CC)Cc1ccccc1. The zero-order valence-corrected chi connectivity index (χ0v) is 10.4. The topological polar surface area (TPSA) is 0 Å². The van der Waals surface area contributed by atoms with Crippen LogP contribution in [0.5, 0.6) is 0 Å². The van der Waals surface area contributed by atoms with Crippen LogP contribution in [-0.2, 0) is 6.42 Å². The van der Waals surface area contributed by atoms with Crippen LogP contribution in [0, 0.1) is 5.41 Å². The molecule has 0 N–H and O–H groups in total. The van der Waals surface area contributed by atoms with Gasteiger partial charge < -0.3 is 0 Å². The molecule has 0 fully saturated rings. The van der Waals surface area contributed by atoms with Crippen molar-refractivity contribution in [1.29, 1.82) is 0 Å². The van der Waals surface area contributed by atoms with Gasteiger partial charge in [-0.3, -0.25) is 0 Å². The third-order valence-corrected chi connectivity index (χ3v) is 3.70. The van der Waals surface area contributed by atoms with E-state index in [1.54, 1.807) is 0 Å². The molecule has 15 heavy (non-hydrogen) atoms. The fourth-order valence-corrected chi connectivity index (χ4v) is 2.50. The molecule has 0 heteroatoms. The van der Waals surface area contributed by atoms with Gasteiger partial charge in [-0.05, 0) is 23.8 Å². The summed E-state index contributed by atoms with van der Waals surface area (Å²) in [6.45, 7) is 6.97. The summed E-state index contributed by atoms with van der Waals surface area (Å²) in [5, 5.41) is 0. The molecule has 0 saturated heterocycles. The predicted molar refractivity (Wildman–Crippen MR) is 68.1 cm³/mol. The van der Waals surface area contributed by atoms with Crippen molar-refractivity contribution >= 4 is 0 Å². The summed E-state index contributed by atoms with van der Waals surface area (Å²) >= 11 is 0. The maximum absolute atomic E-state index is 2.34. The molecule has 0 amide bonds. The van der Waals surface area contributed by atoms with Crippen LogP contribution in [0.3, 0.4) is 0 Å². The van der Waals surface area contributed by atoms with Crippen LogP contribution in [0.1, 0.15) is 52.0 Å². The Balaban J connectivity index is 2.74. The lowest BCUT2D eigenvalue weighted by atomic mass is 9.74. The second kappa shape index (κ2) is 5.95. The fourth-order valence-electron chi connectivity index (χ4n) is 2.50. The van der Waals surface area contributed by atoms with Gasteiger partial charge in [0.05, 0.1) is 0 Å². The molecule has 0 saturated carbocycles. The Labute approximate surface area is 94.7 Å². The Bertz CT molecular complexity index is 257. The molecule has 0 radical (unpaired) electrons. The fraction of sp³-hybridized carbons (Fsp3) is 0.600. The van der Waals surface area contributed by atoms with E-state index < -0.39 is 0 Å². The van der Waals surface area contributed by atoms with Crippen LogP contribution < -0.4 is 0 Å². The number of hydrogen-bond acceptors (Lipinski definition) is 0. The summed E-state index contributed by atoms with van der Waals surface area (Å²) in [6, 6.07) is 10.9. The first-order valence-corrected chi connectivity index (χ1v) is 6.30. The Morgan fingerprint density at radius 3 is 2.00 bits per heavy atom. The highest BCUT2D eigenvalue weighted by atomic mass is 14.3. The predicted octanol–water partition coefficient (Wildman–Crippen LogP) is 4.84. The average Bonchev–Trinajstić information content (AvgIpc) is 2.30. The Morgan fingerprint density at radius 2 is 1.53 bits per heavy atom. The number of hydrogen-bond donors (Lipinski definition) is 0. The molecule has 1 aromatic carbocycles. The van der Waals surface area contributed by atoms with Gasteiger partial charge >= 0.3 is 0 Å². The monoisotopic (exact) mass is 204 g/mol. The van der Waals surface area contributed by atoms with Crippen molar-refractivity contribution < 1.29 is 0 Å². The molecule has 1 aromatic rings. The van der Waals surface area contributed by atoms with Crippen LogP contribution in [0.15, 0.2) is 30.3 Å². The van der Waals surface area contributed by atoms with Crippen molar-refractivity contribution in [3.05, 3.63) is 35.9 Å². The minimum absolute atomic E-state index is 0.538. The van der Waals surface area contributed by atoms with Gasteiger partial charge in [0.1, 0.15) is 0 Å². The molecule has 0 spiro atoms. The van der Waals surface area contributed by atoms with Crippen molar-refractivity contribution in [3.63, 3.8) is 0 Å². The first kappa shape index (κ1) is 12.3. The minimum Gasteiger partial charge on any atom is -0.0654 e. The summed E-state index contributed by atoms with van der Waals surface area (Å²) in [5.41, 5.74) is 2.03. The van der Waals surface area contributed by atoms with Crippen LogP contribution in [0.4, 0.5) is 0 Å². The maximum Gasteiger partial charge on any atom is -0.0222 e. The van der Waals surface area contributed by atoms with Crippen molar-refractivity contribution in [1.82, 2.24) is 0 Å². The van der Waals surface area contributed by atoms with Gasteiger partial charge in [0.15, 0.2) is 0 Å². The summed E-state index contributed by atoms with van der Waals surface area (Å²) in [4.78, 5) is 0. The molecule has 0 aliphatic rings. The second-order valence-corrected chi connectivity index (χ2v) is 4.62. The molecular formula is C15H24. The third kappa shape index (κ3) is 3.37. The lowest BCUT2D eigenvalue weighted by molar-refractivity contribution is 0.234. The quantitative estimate of drug-likeness (QED) is 0.622. The number of benzene rings is 1. The van der Waals surface area contributed by atoms with E-state index in [0.717, 1.165) is 0 Å². The Hall–Kier alpha value is -0.780. The van der Waals surface area contributed by atoms with Gasteiger partial charge in [-0.2, -0.15) is 0 Å². The highest BCUT2D eigenvalue weighted by molar-refractivity contribution is 5.16. The third-order valence-electron chi connectivity index (χ3n) is 3.70. The van der Waals surface area contributed by atoms with Gasteiger partial charge in [0.2, 0.25) is 0 Å². The van der Waals surface area contributed by atoms with E-state index in [9.17, 15) is 0 Å². The zero-order valence-electron chi connectivity index (χ0n) is 10.4. The number of rotatable bonds is 6. The summed E-state index contributed by atoms with van der Waals surface area (Å²) in [5.74, 6) is 0. The lowest BCUT2D eigenvalue weighted by Crippen LogP contribution is -2.21. The summed E-state index contributed by atoms with van der Waals surface area (Å²) < 4.78 is 0. The van der Waals surface area contributed by atoms with Crippen molar-refractivity contribution in [3.8, 4) is 0 Å². The van der Waals surface area contributed by atoms with E-state index in [0.29, 0.717) is 5.41 Å². The first-order chi connectivity index (χ1) is 7.26. The van der Waals surface area contributed by atoms with Gasteiger partial charge in [0.25, 0.3) is 0 Å². The van der Waals surface area contributed by atoms with Crippen LogP contribution in [0.25, 0.3) is 0 Å². The minimum atomic E-state index is 0.538. The summed E-state index contributed by atoms with van der Waals surface area (Å²) in [6.07, 6.45) is 6.50. The van der Waals surface area contributed by atoms with Crippen LogP contribution >= 0.6 is 0 Å². The van der Waals surface area contributed by atoms with Gasteiger partial charge in [-0.15, -0.1) is 0 Å². The van der Waals surface area contributed by atoms with Crippen molar-refractivity contribution in [2.75, 3.05) is 0 Å². The van der Waals surface area contributed by atoms with Crippen LogP contribution in [-0.4, -0.2) is 0 Å². The van der Waals surface area contributed by atoms with E-state index in [-0.39, 0.29) is 0 Å². The highest BCUT2D eigenvalue weighted by Crippen LogP contribution is 2.35. The maximum atomic E-state index is 2.34. The standard InChI is InChI=1S/C15H24/c1-4-12-15(5-2,6-3)13-14-10-8-7-9-11-14/h7-11H,4-6,12-13H2,1-3H3. The molecule has 0 unspecified atom stereocenters. The van der Waals surface area contributed by atoms with E-state index in [1.165, 1.54) is 37.7 Å². The summed E-state index contributed by atoms with van der Waals surface area (Å²) in [7, 11) is 0. The molecule has 84 valence electrons. The smallest absolute Gasteiger partial charge is 0.0222 e. The van der Waals surface area contributed by atoms with Gasteiger partial charge in [0, 0.05) is 0 Å². The molecule has 0 heterocycles. The first-order valence-electron chi connectivity index (χ1n) is 6.30. The van der Waals surface area contributed by atoms with E-state index in [4.69, 9.17) is 0 Å². The molecule has 0 aromatic heterocycles. The second-order valence-electron chi connectivity index (χ2n) is 4.62. The van der Waals surface area contributed by atoms with E-state index >= 15 is 0 Å². The Morgan fingerprint density at radius 1 is 0.933 bits per heavy atom. The molecule has 0 aliphatic heterocycles. The molecule has 1 rings (SSSR count). The molecule has 0 atom stereocenters. The highest BCUT2D eigenvalue weighted by Gasteiger charge is 2.24. The van der Waals surface area contributed by atoms with Crippen LogP contribution in [0.2, 0.25) is 0 Å².